The Kier molecular flexibility index (Phi) is 3.79. The lowest BCUT2D eigenvalue weighted by molar-refractivity contribution is -0.131. The second kappa shape index (κ2) is 4.67. The van der Waals surface area contributed by atoms with Crippen molar-refractivity contribution in [2.45, 2.75) is 34.6 Å². The maximum absolute atomic E-state index is 12.2. The first-order chi connectivity index (χ1) is 8.16. The van der Waals surface area contributed by atoms with Gasteiger partial charge in [0.2, 0.25) is 0 Å². The summed E-state index contributed by atoms with van der Waals surface area (Å²) in [5.41, 5.74) is -0.401. The molecule has 0 aromatic rings. The lowest BCUT2D eigenvalue weighted by atomic mass is 9.68. The van der Waals surface area contributed by atoms with Crippen molar-refractivity contribution in [1.29, 1.82) is 0 Å². The van der Waals surface area contributed by atoms with Gasteiger partial charge in [0, 0.05) is 11.5 Å². The molecular formula is C14H21O4+. The minimum Gasteiger partial charge on any atom is -0.499 e. The summed E-state index contributed by atoms with van der Waals surface area (Å²) < 4.78 is 5.21. The molecule has 0 fully saturated rings. The van der Waals surface area contributed by atoms with Crippen LogP contribution in [-0.4, -0.2) is 29.3 Å². The quantitative estimate of drug-likeness (QED) is 0.570. The normalized spacial score (nSPS) is 23.6. The van der Waals surface area contributed by atoms with E-state index in [2.05, 4.69) is 0 Å². The molecule has 1 atom stereocenters. The fourth-order valence-electron chi connectivity index (χ4n) is 2.40. The van der Waals surface area contributed by atoms with E-state index >= 15 is 0 Å². The summed E-state index contributed by atoms with van der Waals surface area (Å²) in [7, 11) is 1.46. The number of methoxy groups -OCH3 is 1. The van der Waals surface area contributed by atoms with Crippen LogP contribution in [0, 0.1) is 17.3 Å². The Morgan fingerprint density at radius 2 is 1.89 bits per heavy atom. The summed E-state index contributed by atoms with van der Waals surface area (Å²) in [5, 5.41) is 0. The molecule has 0 aliphatic heterocycles. The Morgan fingerprint density at radius 1 is 1.39 bits per heavy atom. The first-order valence-electron chi connectivity index (χ1n) is 6.05. The zero-order valence-electron chi connectivity index (χ0n) is 11.8. The molecule has 0 radical (unpaired) electrons. The predicted octanol–water partition coefficient (Wildman–Crippen LogP) is 1.90. The molecule has 0 spiro atoms. The molecule has 1 aliphatic rings. The molecule has 1 N–H and O–H groups in total. The Morgan fingerprint density at radius 3 is 2.28 bits per heavy atom. The number of hydrogen-bond acceptors (Lipinski definition) is 3. The molecule has 0 aromatic carbocycles. The molecule has 0 heterocycles. The van der Waals surface area contributed by atoms with Crippen molar-refractivity contribution >= 4 is 17.3 Å². The van der Waals surface area contributed by atoms with Crippen LogP contribution < -0.4 is 0 Å². The van der Waals surface area contributed by atoms with Crippen LogP contribution in [0.1, 0.15) is 34.6 Å². The van der Waals surface area contributed by atoms with Gasteiger partial charge >= 0.3 is 5.78 Å². The highest BCUT2D eigenvalue weighted by Gasteiger charge is 2.55. The van der Waals surface area contributed by atoms with E-state index in [4.69, 9.17) is 4.74 Å². The van der Waals surface area contributed by atoms with Crippen LogP contribution in [0.3, 0.4) is 0 Å². The molecule has 18 heavy (non-hydrogen) atoms. The van der Waals surface area contributed by atoms with Gasteiger partial charge < -0.3 is 4.74 Å². The summed E-state index contributed by atoms with van der Waals surface area (Å²) in [6.45, 7) is 8.58. The summed E-state index contributed by atoms with van der Waals surface area (Å²) in [4.78, 5) is 34.5. The van der Waals surface area contributed by atoms with E-state index in [-0.39, 0.29) is 23.3 Å². The molecule has 4 heteroatoms. The molecule has 0 bridgehead atoms. The van der Waals surface area contributed by atoms with Crippen LogP contribution in [0.4, 0.5) is 0 Å². The van der Waals surface area contributed by atoms with Crippen molar-refractivity contribution in [1.82, 2.24) is 0 Å². The number of carbonyl (C=O) groups excluding carboxylic acids is 3. The van der Waals surface area contributed by atoms with E-state index in [0.717, 1.165) is 0 Å². The SMILES string of the molecule is COC1=C(C)C(=O)C(C(=O)C(C)C)C(=[OH+])C1(C)C. The van der Waals surface area contributed by atoms with Gasteiger partial charge in [0.05, 0.1) is 7.11 Å². The lowest BCUT2D eigenvalue weighted by Gasteiger charge is -2.31. The van der Waals surface area contributed by atoms with Gasteiger partial charge in [-0.2, -0.15) is 0 Å². The Balaban J connectivity index is 3.38. The fourth-order valence-corrected chi connectivity index (χ4v) is 2.40. The largest absolute Gasteiger partial charge is 0.499 e. The average Bonchev–Trinajstić information content (AvgIpc) is 2.27. The molecule has 0 saturated heterocycles. The van der Waals surface area contributed by atoms with Gasteiger partial charge in [-0.3, -0.25) is 14.4 Å². The molecule has 0 amide bonds. The highest BCUT2D eigenvalue weighted by Crippen LogP contribution is 2.39. The zero-order chi connectivity index (χ0) is 14.2. The Labute approximate surface area is 107 Å². The summed E-state index contributed by atoms with van der Waals surface area (Å²) in [6.07, 6.45) is 0. The molecule has 1 aliphatic carbocycles. The van der Waals surface area contributed by atoms with Crippen molar-refractivity contribution in [3.63, 3.8) is 0 Å². The standard InChI is InChI=1S/C14H20O4/c1-7(2)10(15)9-11(16)8(3)13(18-6)14(4,5)12(9)17/h7,9H,1-6H3/p+1. The highest BCUT2D eigenvalue weighted by molar-refractivity contribution is 6.28. The molecular weight excluding hydrogens is 232 g/mol. The van der Waals surface area contributed by atoms with Crippen molar-refractivity contribution in [2.24, 2.45) is 17.3 Å². The molecule has 0 saturated carbocycles. The number of Topliss-reactive ketones (excluding diaryl/α,β-unsaturated/α-hetero) is 2. The van der Waals surface area contributed by atoms with E-state index in [9.17, 15) is 14.4 Å². The summed E-state index contributed by atoms with van der Waals surface area (Å²) >= 11 is 0. The van der Waals surface area contributed by atoms with Gasteiger partial charge in [0.15, 0.2) is 17.5 Å². The van der Waals surface area contributed by atoms with E-state index in [0.29, 0.717) is 11.3 Å². The molecule has 1 rings (SSSR count). The minimum atomic E-state index is -1.06. The first kappa shape index (κ1) is 14.6. The number of rotatable bonds is 3. The minimum absolute atomic E-state index is 0.117. The summed E-state index contributed by atoms with van der Waals surface area (Å²) in [6, 6.07) is 0. The highest BCUT2D eigenvalue weighted by atomic mass is 16.5. The van der Waals surface area contributed by atoms with Gasteiger partial charge in [-0.1, -0.05) is 13.8 Å². The van der Waals surface area contributed by atoms with Crippen molar-refractivity contribution in [3.8, 4) is 0 Å². The van der Waals surface area contributed by atoms with Crippen molar-refractivity contribution in [3.05, 3.63) is 11.3 Å². The van der Waals surface area contributed by atoms with Crippen LogP contribution >= 0.6 is 0 Å². The third kappa shape index (κ3) is 2.00. The number of allylic oxidation sites excluding steroid dienone is 2. The maximum atomic E-state index is 12.2. The van der Waals surface area contributed by atoms with Gasteiger partial charge in [-0.05, 0) is 20.8 Å². The Bertz CT molecular complexity index is 441. The van der Waals surface area contributed by atoms with Crippen LogP contribution in [0.15, 0.2) is 11.3 Å². The monoisotopic (exact) mass is 253 g/mol. The van der Waals surface area contributed by atoms with Gasteiger partial charge in [-0.15, -0.1) is 0 Å². The third-order valence-electron chi connectivity index (χ3n) is 3.51. The smallest absolute Gasteiger partial charge is 0.324 e. The first-order valence-corrected chi connectivity index (χ1v) is 6.05. The van der Waals surface area contributed by atoms with Crippen LogP contribution in [0.5, 0.6) is 0 Å². The van der Waals surface area contributed by atoms with Gasteiger partial charge in [0.1, 0.15) is 11.2 Å². The number of ketones is 3. The lowest BCUT2D eigenvalue weighted by Crippen LogP contribution is -2.47. The second-order valence-corrected chi connectivity index (χ2v) is 5.52. The fraction of sp³-hybridized carbons (Fsp3) is 0.643. The molecule has 4 nitrogen and oxygen atoms in total. The zero-order valence-corrected chi connectivity index (χ0v) is 11.8. The number of ether oxygens (including phenoxy) is 1. The van der Waals surface area contributed by atoms with Crippen LogP contribution in [-0.2, 0) is 14.3 Å². The maximum Gasteiger partial charge on any atom is 0.324 e. The second-order valence-electron chi connectivity index (χ2n) is 5.52. The molecule has 0 aromatic heterocycles. The van der Waals surface area contributed by atoms with E-state index in [1.54, 1.807) is 34.6 Å². The van der Waals surface area contributed by atoms with Crippen molar-refractivity contribution in [2.75, 3.05) is 7.11 Å². The van der Waals surface area contributed by atoms with E-state index in [1.807, 2.05) is 0 Å². The van der Waals surface area contributed by atoms with Gasteiger partial charge in [-0.25, -0.2) is 0 Å². The topological polar surface area (TPSA) is 64.8 Å². The average molecular weight is 253 g/mol. The molecule has 100 valence electrons. The van der Waals surface area contributed by atoms with Gasteiger partial charge in [0.25, 0.3) is 0 Å². The van der Waals surface area contributed by atoms with E-state index < -0.39 is 11.3 Å². The number of hydrogen-bond donors (Lipinski definition) is 0. The van der Waals surface area contributed by atoms with Crippen LogP contribution in [0.25, 0.3) is 0 Å². The van der Waals surface area contributed by atoms with Crippen molar-refractivity contribution < 1.29 is 19.1 Å². The third-order valence-corrected chi connectivity index (χ3v) is 3.51. The summed E-state index contributed by atoms with van der Waals surface area (Å²) in [5.74, 6) is -1.65. The van der Waals surface area contributed by atoms with E-state index in [1.165, 1.54) is 7.11 Å². The Hall–Kier alpha value is -1.45. The van der Waals surface area contributed by atoms with Crippen LogP contribution in [0.2, 0.25) is 0 Å². The predicted molar refractivity (Wildman–Crippen MR) is 68.8 cm³/mol. The number of carbonyl (C=O) groups is 2. The molecule has 1 unspecified atom stereocenters.